The Morgan fingerprint density at radius 3 is 2.06 bits per heavy atom. The Morgan fingerprint density at radius 1 is 0.906 bits per heavy atom. The normalized spacial score (nSPS) is 18.8. The van der Waals surface area contributed by atoms with Gasteiger partial charge in [-0.05, 0) is 19.1 Å². The Bertz CT molecular complexity index is 1070. The third-order valence-corrected chi connectivity index (χ3v) is 7.48. The third kappa shape index (κ3) is 4.66. The lowest BCUT2D eigenvalue weighted by Gasteiger charge is -2.35. The Balaban J connectivity index is 1.51. The van der Waals surface area contributed by atoms with Crippen LogP contribution in [0.15, 0.2) is 35.2 Å². The van der Waals surface area contributed by atoms with Crippen molar-refractivity contribution in [1.29, 1.82) is 0 Å². The number of nitrogens with zero attached hydrogens (tertiary/aromatic N) is 5. The number of aromatic nitrogens is 2. The minimum atomic E-state index is -4.75. The van der Waals surface area contributed by atoms with Gasteiger partial charge in [-0.3, -0.25) is 0 Å². The zero-order valence-corrected chi connectivity index (χ0v) is 18.4. The second kappa shape index (κ2) is 8.83. The quantitative estimate of drug-likeness (QED) is 0.676. The molecule has 32 heavy (non-hydrogen) atoms. The fourth-order valence-electron chi connectivity index (χ4n) is 3.88. The summed E-state index contributed by atoms with van der Waals surface area (Å²) >= 11 is 0. The molecule has 0 saturated carbocycles. The summed E-state index contributed by atoms with van der Waals surface area (Å²) in [5.74, 6) is 2.05. The maximum atomic E-state index is 13.3. The number of anilines is 2. The first-order valence-corrected chi connectivity index (χ1v) is 11.7. The minimum absolute atomic E-state index is 0.0600. The van der Waals surface area contributed by atoms with Gasteiger partial charge in [-0.2, -0.15) is 17.5 Å². The van der Waals surface area contributed by atoms with Gasteiger partial charge in [0.1, 0.15) is 17.5 Å². The summed E-state index contributed by atoms with van der Waals surface area (Å²) in [7, 11) is -4.28. The maximum absolute atomic E-state index is 13.3. The van der Waals surface area contributed by atoms with Crippen molar-refractivity contribution in [3.63, 3.8) is 0 Å². The van der Waals surface area contributed by atoms with Crippen molar-refractivity contribution in [2.75, 3.05) is 62.3 Å². The minimum Gasteiger partial charge on any atom is -0.378 e. The molecular weight excluding hydrogens is 447 g/mol. The molecule has 2 aromatic rings. The van der Waals surface area contributed by atoms with Gasteiger partial charge >= 0.3 is 6.18 Å². The average Bonchev–Trinajstić information content (AvgIpc) is 2.79. The van der Waals surface area contributed by atoms with Gasteiger partial charge in [0.2, 0.25) is 10.0 Å². The lowest BCUT2D eigenvalue weighted by molar-refractivity contribution is -0.139. The summed E-state index contributed by atoms with van der Waals surface area (Å²) in [6.45, 7) is 5.22. The average molecular weight is 472 g/mol. The lowest BCUT2D eigenvalue weighted by atomic mass is 10.2. The van der Waals surface area contributed by atoms with E-state index in [1.54, 1.807) is 6.92 Å². The smallest absolute Gasteiger partial charge is 0.378 e. The van der Waals surface area contributed by atoms with E-state index in [-0.39, 0.29) is 13.1 Å². The SMILES string of the molecule is Cc1nc(N2CCOCC2)cc(N2CCN(S(=O)(=O)c3ccccc3C(F)(F)F)CC2)n1. The van der Waals surface area contributed by atoms with Crippen molar-refractivity contribution in [3.05, 3.63) is 41.7 Å². The summed E-state index contributed by atoms with van der Waals surface area (Å²) in [6.07, 6.45) is -4.75. The number of piperazine rings is 1. The van der Waals surface area contributed by atoms with E-state index >= 15 is 0 Å². The molecule has 0 amide bonds. The number of ether oxygens (including phenoxy) is 1. The number of morpholine rings is 1. The topological polar surface area (TPSA) is 78.9 Å². The molecule has 12 heteroatoms. The second-order valence-electron chi connectivity index (χ2n) is 7.62. The Hall–Kier alpha value is -2.44. The molecule has 174 valence electrons. The van der Waals surface area contributed by atoms with E-state index in [0.717, 1.165) is 35.3 Å². The zero-order chi connectivity index (χ0) is 22.9. The Morgan fingerprint density at radius 2 is 1.47 bits per heavy atom. The number of alkyl halides is 3. The zero-order valence-electron chi connectivity index (χ0n) is 17.5. The van der Waals surface area contributed by atoms with E-state index < -0.39 is 26.7 Å². The number of hydrogen-bond acceptors (Lipinski definition) is 7. The van der Waals surface area contributed by atoms with Crippen molar-refractivity contribution >= 4 is 21.7 Å². The van der Waals surface area contributed by atoms with Crippen LogP contribution >= 0.6 is 0 Å². The van der Waals surface area contributed by atoms with E-state index in [9.17, 15) is 21.6 Å². The highest BCUT2D eigenvalue weighted by Gasteiger charge is 2.39. The van der Waals surface area contributed by atoms with Gasteiger partial charge in [0.25, 0.3) is 0 Å². The summed E-state index contributed by atoms with van der Waals surface area (Å²) in [5, 5.41) is 0. The summed E-state index contributed by atoms with van der Waals surface area (Å²) < 4.78 is 72.5. The molecule has 2 aliphatic heterocycles. The van der Waals surface area contributed by atoms with Gasteiger partial charge in [0, 0.05) is 45.3 Å². The van der Waals surface area contributed by atoms with Crippen LogP contribution in [0.1, 0.15) is 11.4 Å². The number of sulfonamides is 1. The van der Waals surface area contributed by atoms with E-state index in [2.05, 4.69) is 14.9 Å². The highest BCUT2D eigenvalue weighted by molar-refractivity contribution is 7.89. The number of benzene rings is 1. The van der Waals surface area contributed by atoms with Gasteiger partial charge in [-0.1, -0.05) is 12.1 Å². The van der Waals surface area contributed by atoms with Crippen LogP contribution in [0, 0.1) is 6.92 Å². The standard InChI is InChI=1S/C20H24F3N5O3S/c1-15-24-18(14-19(25-15)27-10-12-31-13-11-27)26-6-8-28(9-7-26)32(29,30)17-5-3-2-4-16(17)20(21,22)23/h2-5,14H,6-13H2,1H3. The molecule has 0 N–H and O–H groups in total. The van der Waals surface area contributed by atoms with Crippen LogP contribution < -0.4 is 9.80 Å². The number of halogens is 3. The van der Waals surface area contributed by atoms with Crippen LogP contribution in [0.2, 0.25) is 0 Å². The molecule has 0 bridgehead atoms. The summed E-state index contributed by atoms with van der Waals surface area (Å²) in [4.78, 5) is 12.3. The Kier molecular flexibility index (Phi) is 6.28. The van der Waals surface area contributed by atoms with Crippen LogP contribution in [0.25, 0.3) is 0 Å². The van der Waals surface area contributed by atoms with Crippen molar-refractivity contribution in [2.45, 2.75) is 18.0 Å². The maximum Gasteiger partial charge on any atom is 0.417 e. The molecule has 1 aromatic heterocycles. The molecular formula is C20H24F3N5O3S. The molecule has 2 saturated heterocycles. The molecule has 4 rings (SSSR count). The van der Waals surface area contributed by atoms with E-state index in [0.29, 0.717) is 37.9 Å². The van der Waals surface area contributed by atoms with Crippen LogP contribution in [0.5, 0.6) is 0 Å². The van der Waals surface area contributed by atoms with Gasteiger partial charge < -0.3 is 14.5 Å². The summed E-state index contributed by atoms with van der Waals surface area (Å²) in [6, 6.07) is 6.15. The molecule has 0 spiro atoms. The number of aryl methyl sites for hydroxylation is 1. The largest absolute Gasteiger partial charge is 0.417 e. The molecule has 2 fully saturated rings. The first kappa shape index (κ1) is 22.7. The van der Waals surface area contributed by atoms with Crippen molar-refractivity contribution < 1.29 is 26.3 Å². The van der Waals surface area contributed by atoms with Gasteiger partial charge in [-0.15, -0.1) is 0 Å². The number of hydrogen-bond donors (Lipinski definition) is 0. The number of rotatable bonds is 4. The van der Waals surface area contributed by atoms with Crippen LogP contribution in [-0.2, 0) is 20.9 Å². The predicted molar refractivity (Wildman–Crippen MR) is 112 cm³/mol. The first-order valence-electron chi connectivity index (χ1n) is 10.3. The fourth-order valence-corrected chi connectivity index (χ4v) is 5.51. The van der Waals surface area contributed by atoms with E-state index in [1.807, 2.05) is 11.0 Å². The van der Waals surface area contributed by atoms with Gasteiger partial charge in [0.15, 0.2) is 0 Å². The van der Waals surface area contributed by atoms with E-state index in [1.165, 1.54) is 12.1 Å². The Labute approximate surface area is 184 Å². The molecule has 0 aliphatic carbocycles. The van der Waals surface area contributed by atoms with E-state index in [4.69, 9.17) is 4.74 Å². The van der Waals surface area contributed by atoms with Crippen LogP contribution in [-0.4, -0.2) is 75.2 Å². The second-order valence-corrected chi connectivity index (χ2v) is 9.52. The molecule has 0 unspecified atom stereocenters. The van der Waals surface area contributed by atoms with Crippen LogP contribution in [0.4, 0.5) is 24.8 Å². The molecule has 2 aliphatic rings. The highest BCUT2D eigenvalue weighted by atomic mass is 32.2. The van der Waals surface area contributed by atoms with Gasteiger partial charge in [0.05, 0.1) is 23.7 Å². The first-order chi connectivity index (χ1) is 15.2. The van der Waals surface area contributed by atoms with Crippen molar-refractivity contribution in [1.82, 2.24) is 14.3 Å². The predicted octanol–water partition coefficient (Wildman–Crippen LogP) is 2.15. The summed E-state index contributed by atoms with van der Waals surface area (Å²) in [5.41, 5.74) is -1.15. The molecule has 3 heterocycles. The lowest BCUT2D eigenvalue weighted by Crippen LogP contribution is -2.49. The van der Waals surface area contributed by atoms with Gasteiger partial charge in [-0.25, -0.2) is 18.4 Å². The fraction of sp³-hybridized carbons (Fsp3) is 0.500. The molecule has 8 nitrogen and oxygen atoms in total. The molecule has 1 aromatic carbocycles. The monoisotopic (exact) mass is 471 g/mol. The third-order valence-electron chi connectivity index (χ3n) is 5.52. The molecule has 0 atom stereocenters. The molecule has 0 radical (unpaired) electrons. The van der Waals surface area contributed by atoms with Crippen molar-refractivity contribution in [2.24, 2.45) is 0 Å². The highest BCUT2D eigenvalue weighted by Crippen LogP contribution is 2.35. The van der Waals surface area contributed by atoms with Crippen LogP contribution in [0.3, 0.4) is 0 Å². The van der Waals surface area contributed by atoms with Crippen molar-refractivity contribution in [3.8, 4) is 0 Å².